The third-order valence-electron chi connectivity index (χ3n) is 2.09. The van der Waals surface area contributed by atoms with E-state index in [0.717, 1.165) is 11.3 Å². The van der Waals surface area contributed by atoms with Crippen LogP contribution in [0.2, 0.25) is 0 Å². The molecule has 0 saturated heterocycles. The topological polar surface area (TPSA) is 38.9 Å². The Morgan fingerprint density at radius 1 is 1.50 bits per heavy atom. The van der Waals surface area contributed by atoms with Crippen molar-refractivity contribution in [3.63, 3.8) is 0 Å². The van der Waals surface area contributed by atoms with Crippen molar-refractivity contribution in [2.45, 2.75) is 13.1 Å². The second kappa shape index (κ2) is 5.34. The third-order valence-corrected chi connectivity index (χ3v) is 2.77. The van der Waals surface area contributed by atoms with E-state index in [1.807, 2.05) is 0 Å². The van der Waals surface area contributed by atoms with Crippen LogP contribution in [0.15, 0.2) is 35.5 Å². The summed E-state index contributed by atoms with van der Waals surface area (Å²) in [6.45, 7) is 4.34. The number of halogens is 4. The molecule has 2 N–H and O–H groups in total. The number of hydrogen-bond donors (Lipinski definition) is 1. The number of anilines is 1. The molecule has 0 saturated carbocycles. The highest BCUT2D eigenvalue weighted by Gasteiger charge is 2.31. The molecule has 0 amide bonds. The number of nitrogens with zero attached hydrogens (tertiary/aromatic N) is 1. The van der Waals surface area contributed by atoms with Crippen LogP contribution in [-0.2, 0) is 0 Å². The molecule has 1 rings (SSSR count). The summed E-state index contributed by atoms with van der Waals surface area (Å²) < 4.78 is 50.8. The minimum absolute atomic E-state index is 0.00782. The summed E-state index contributed by atoms with van der Waals surface area (Å²) in [7, 11) is 0. The van der Waals surface area contributed by atoms with Gasteiger partial charge in [-0.2, -0.15) is 13.2 Å². The lowest BCUT2D eigenvalue weighted by molar-refractivity contribution is -0.0882. The molecule has 0 aliphatic carbocycles. The maximum atomic E-state index is 13.6. The van der Waals surface area contributed by atoms with Crippen molar-refractivity contribution in [1.82, 2.24) is 4.98 Å². The summed E-state index contributed by atoms with van der Waals surface area (Å²) in [4.78, 5) is 3.79. The number of nitrogen functional groups attached to an aromatic ring is 1. The lowest BCUT2D eigenvalue weighted by Gasteiger charge is -2.06. The van der Waals surface area contributed by atoms with Crippen LogP contribution >= 0.6 is 11.3 Å². The second-order valence-corrected chi connectivity index (χ2v) is 4.24. The zero-order valence-electron chi connectivity index (χ0n) is 9.38. The first-order chi connectivity index (χ1) is 8.25. The lowest BCUT2D eigenvalue weighted by Crippen LogP contribution is -2.09. The van der Waals surface area contributed by atoms with Crippen molar-refractivity contribution >= 4 is 22.0 Å². The van der Waals surface area contributed by atoms with E-state index in [2.05, 4.69) is 11.6 Å². The first-order valence-electron chi connectivity index (χ1n) is 4.74. The van der Waals surface area contributed by atoms with Gasteiger partial charge in [0.1, 0.15) is 5.83 Å². The Bertz CT molecular complexity index is 511. The molecule has 0 atom stereocenters. The average molecular weight is 278 g/mol. The monoisotopic (exact) mass is 278 g/mol. The highest BCUT2D eigenvalue weighted by atomic mass is 32.1. The van der Waals surface area contributed by atoms with Crippen molar-refractivity contribution in [3.8, 4) is 0 Å². The number of thiazole rings is 1. The molecule has 0 fully saturated rings. The van der Waals surface area contributed by atoms with E-state index in [1.165, 1.54) is 12.3 Å². The van der Waals surface area contributed by atoms with Crippen LogP contribution in [0.25, 0.3) is 5.57 Å². The molecule has 18 heavy (non-hydrogen) atoms. The van der Waals surface area contributed by atoms with Gasteiger partial charge in [0.05, 0.1) is 11.3 Å². The van der Waals surface area contributed by atoms with Gasteiger partial charge >= 0.3 is 6.18 Å². The zero-order valence-corrected chi connectivity index (χ0v) is 10.2. The van der Waals surface area contributed by atoms with Gasteiger partial charge in [0.2, 0.25) is 0 Å². The van der Waals surface area contributed by atoms with Crippen LogP contribution in [0, 0.1) is 0 Å². The van der Waals surface area contributed by atoms with E-state index in [9.17, 15) is 17.6 Å². The van der Waals surface area contributed by atoms with E-state index in [0.29, 0.717) is 12.2 Å². The van der Waals surface area contributed by atoms with Crippen LogP contribution in [0.1, 0.15) is 12.6 Å². The van der Waals surface area contributed by atoms with Crippen LogP contribution in [-0.4, -0.2) is 11.2 Å². The molecule has 1 aromatic rings. The van der Waals surface area contributed by atoms with E-state index >= 15 is 0 Å². The van der Waals surface area contributed by atoms with Crippen LogP contribution in [0.5, 0.6) is 0 Å². The quantitative estimate of drug-likeness (QED) is 0.667. The standard InChI is InChI=1S/C11H10F4N2S/c1-3-7(11(13,14)15)4-8(12)6(2)9-5-18-10(16)17-9/h3-5H,1H2,2H3,(H2,16,17)/b7-4+,8-6-. The highest BCUT2D eigenvalue weighted by Crippen LogP contribution is 2.30. The molecular weight excluding hydrogens is 268 g/mol. The Morgan fingerprint density at radius 2 is 2.11 bits per heavy atom. The van der Waals surface area contributed by atoms with Crippen molar-refractivity contribution in [2.24, 2.45) is 0 Å². The fourth-order valence-electron chi connectivity index (χ4n) is 1.08. The normalized spacial score (nSPS) is 14.4. The average Bonchev–Trinajstić information content (AvgIpc) is 2.69. The maximum absolute atomic E-state index is 13.6. The number of nitrogens with two attached hydrogens (primary N) is 1. The lowest BCUT2D eigenvalue weighted by atomic mass is 10.1. The molecule has 7 heteroatoms. The van der Waals surface area contributed by atoms with Crippen LogP contribution < -0.4 is 5.73 Å². The Morgan fingerprint density at radius 3 is 2.50 bits per heavy atom. The second-order valence-electron chi connectivity index (χ2n) is 3.35. The molecule has 0 aromatic carbocycles. The Kier molecular flexibility index (Phi) is 4.28. The Hall–Kier alpha value is -1.63. The summed E-state index contributed by atoms with van der Waals surface area (Å²) in [5, 5.41) is 1.69. The number of hydrogen-bond acceptors (Lipinski definition) is 3. The van der Waals surface area contributed by atoms with Crippen LogP contribution in [0.3, 0.4) is 0 Å². The molecule has 98 valence electrons. The number of allylic oxidation sites excluding steroid dienone is 5. The molecule has 0 unspecified atom stereocenters. The van der Waals surface area contributed by atoms with Gasteiger partial charge in [0.15, 0.2) is 5.13 Å². The van der Waals surface area contributed by atoms with E-state index < -0.39 is 17.6 Å². The Balaban J connectivity index is 3.16. The minimum atomic E-state index is -4.64. The van der Waals surface area contributed by atoms with Crippen molar-refractivity contribution in [1.29, 1.82) is 0 Å². The molecule has 1 aromatic heterocycles. The molecule has 0 aliphatic heterocycles. The summed E-state index contributed by atoms with van der Waals surface area (Å²) >= 11 is 1.08. The maximum Gasteiger partial charge on any atom is 0.416 e. The minimum Gasteiger partial charge on any atom is -0.375 e. The molecule has 0 spiro atoms. The van der Waals surface area contributed by atoms with Gasteiger partial charge in [-0.05, 0) is 13.0 Å². The zero-order chi connectivity index (χ0) is 13.9. The van der Waals surface area contributed by atoms with Gasteiger partial charge < -0.3 is 5.73 Å². The largest absolute Gasteiger partial charge is 0.416 e. The highest BCUT2D eigenvalue weighted by molar-refractivity contribution is 7.13. The third kappa shape index (κ3) is 3.43. The first-order valence-corrected chi connectivity index (χ1v) is 5.62. The Labute approximate surface area is 105 Å². The summed E-state index contributed by atoms with van der Waals surface area (Å²) in [5.74, 6) is -1.02. The SMILES string of the molecule is C=C/C(=C\C(F)=C(/C)c1csc(N)n1)C(F)(F)F. The van der Waals surface area contributed by atoms with E-state index in [-0.39, 0.29) is 16.4 Å². The number of alkyl halides is 3. The summed E-state index contributed by atoms with van der Waals surface area (Å²) in [5.41, 5.74) is 4.43. The fraction of sp³-hybridized carbons (Fsp3) is 0.182. The number of aromatic nitrogens is 1. The van der Waals surface area contributed by atoms with Crippen molar-refractivity contribution in [2.75, 3.05) is 5.73 Å². The number of rotatable bonds is 3. The van der Waals surface area contributed by atoms with Gasteiger partial charge in [0.25, 0.3) is 0 Å². The van der Waals surface area contributed by atoms with Gasteiger partial charge in [-0.15, -0.1) is 11.3 Å². The molecule has 0 radical (unpaired) electrons. The summed E-state index contributed by atoms with van der Waals surface area (Å²) in [6, 6.07) is 0. The predicted molar refractivity (Wildman–Crippen MR) is 64.6 cm³/mol. The van der Waals surface area contributed by atoms with Gasteiger partial charge in [-0.1, -0.05) is 12.7 Å². The van der Waals surface area contributed by atoms with Gasteiger partial charge in [-0.25, -0.2) is 9.37 Å². The molecular formula is C11H10F4N2S. The summed E-state index contributed by atoms with van der Waals surface area (Å²) in [6.07, 6.45) is -3.69. The van der Waals surface area contributed by atoms with Gasteiger partial charge in [-0.3, -0.25) is 0 Å². The smallest absolute Gasteiger partial charge is 0.375 e. The van der Waals surface area contributed by atoms with Crippen LogP contribution in [0.4, 0.5) is 22.7 Å². The molecule has 1 heterocycles. The van der Waals surface area contributed by atoms with Crippen molar-refractivity contribution in [3.05, 3.63) is 41.2 Å². The van der Waals surface area contributed by atoms with Crippen molar-refractivity contribution < 1.29 is 17.6 Å². The first kappa shape index (κ1) is 14.4. The molecule has 0 bridgehead atoms. The molecule has 2 nitrogen and oxygen atoms in total. The predicted octanol–water partition coefficient (Wildman–Crippen LogP) is 4.10. The van der Waals surface area contributed by atoms with E-state index in [4.69, 9.17) is 5.73 Å². The molecule has 0 aliphatic rings. The van der Waals surface area contributed by atoms with Gasteiger partial charge in [0, 0.05) is 11.0 Å². The fourth-order valence-corrected chi connectivity index (χ4v) is 1.70. The van der Waals surface area contributed by atoms with E-state index in [1.54, 1.807) is 0 Å².